The van der Waals surface area contributed by atoms with Gasteiger partial charge in [0.1, 0.15) is 0 Å². The van der Waals surface area contributed by atoms with E-state index in [4.69, 9.17) is 9.47 Å². The number of rotatable bonds is 11. The fourth-order valence-corrected chi connectivity index (χ4v) is 6.74. The number of ether oxygens (including phenoxy) is 2. The lowest BCUT2D eigenvalue weighted by Crippen LogP contribution is -2.59. The summed E-state index contributed by atoms with van der Waals surface area (Å²) in [5.74, 6) is -0.162. The van der Waals surface area contributed by atoms with Crippen LogP contribution in [0.3, 0.4) is 0 Å². The van der Waals surface area contributed by atoms with Crippen molar-refractivity contribution in [1.82, 2.24) is 10.2 Å². The first-order chi connectivity index (χ1) is 17.2. The molecule has 0 radical (unpaired) electrons. The van der Waals surface area contributed by atoms with Gasteiger partial charge in [0.2, 0.25) is 11.8 Å². The van der Waals surface area contributed by atoms with Crippen molar-refractivity contribution in [3.05, 3.63) is 35.9 Å². The first kappa shape index (κ1) is 28.6. The lowest BCUT2D eigenvalue weighted by Gasteiger charge is -2.56. The Hall–Kier alpha value is -1.96. The zero-order chi connectivity index (χ0) is 26.3. The van der Waals surface area contributed by atoms with E-state index < -0.39 is 6.10 Å². The second-order valence-electron chi connectivity index (χ2n) is 11.2. The summed E-state index contributed by atoms with van der Waals surface area (Å²) in [6.07, 6.45) is 3.49. The number of methoxy groups -OCH3 is 2. The van der Waals surface area contributed by atoms with E-state index in [2.05, 4.69) is 19.2 Å². The van der Waals surface area contributed by atoms with Gasteiger partial charge >= 0.3 is 0 Å². The molecule has 7 atom stereocenters. The average molecular weight is 503 g/mol. The molecule has 0 unspecified atom stereocenters. The van der Waals surface area contributed by atoms with Gasteiger partial charge in [-0.2, -0.15) is 0 Å². The summed E-state index contributed by atoms with van der Waals surface area (Å²) in [5, 5.41) is 15.0. The highest BCUT2D eigenvalue weighted by molar-refractivity contribution is 5.79. The molecule has 2 fully saturated rings. The van der Waals surface area contributed by atoms with E-state index in [1.807, 2.05) is 37.3 Å². The average Bonchev–Trinajstić information content (AvgIpc) is 2.86. The molecule has 7 nitrogen and oxygen atoms in total. The Kier molecular flexibility index (Phi) is 10.3. The van der Waals surface area contributed by atoms with Crippen LogP contribution < -0.4 is 5.32 Å². The number of fused-ring (bicyclic) bond motifs is 1. The lowest BCUT2D eigenvalue weighted by molar-refractivity contribution is -0.151. The summed E-state index contributed by atoms with van der Waals surface area (Å²) in [6, 6.07) is 9.81. The molecule has 0 aromatic heterocycles. The first-order valence-electron chi connectivity index (χ1n) is 13.5. The molecular weight excluding hydrogens is 456 g/mol. The summed E-state index contributed by atoms with van der Waals surface area (Å²) in [4.78, 5) is 28.1. The SMILES string of the molecule is COCCN(CCOC)C(=O)[C@@H](C)[C@H]1CC[C@@]2(C)CC[C@H](NC(=O)Cc3ccccc3)[C@@H](C)[C@@H]2[C@H]1O. The van der Waals surface area contributed by atoms with Gasteiger partial charge in [0.15, 0.2) is 0 Å². The van der Waals surface area contributed by atoms with Crippen LogP contribution in [0.1, 0.15) is 52.0 Å². The maximum absolute atomic E-state index is 13.5. The van der Waals surface area contributed by atoms with Crippen molar-refractivity contribution in [2.45, 2.75) is 65.0 Å². The molecule has 2 aliphatic carbocycles. The number of aliphatic hydroxyl groups is 1. The van der Waals surface area contributed by atoms with Gasteiger partial charge in [-0.1, -0.05) is 51.1 Å². The number of benzene rings is 1. The summed E-state index contributed by atoms with van der Waals surface area (Å²) >= 11 is 0. The molecule has 3 rings (SSSR count). The van der Waals surface area contributed by atoms with E-state index >= 15 is 0 Å². The number of nitrogens with one attached hydrogen (secondary N) is 1. The van der Waals surface area contributed by atoms with Crippen LogP contribution in [0.15, 0.2) is 30.3 Å². The first-order valence-corrected chi connectivity index (χ1v) is 13.5. The van der Waals surface area contributed by atoms with E-state index in [0.717, 1.165) is 31.2 Å². The van der Waals surface area contributed by atoms with Crippen molar-refractivity contribution in [1.29, 1.82) is 0 Å². The van der Waals surface area contributed by atoms with Gasteiger partial charge < -0.3 is 24.8 Å². The second-order valence-corrected chi connectivity index (χ2v) is 11.2. The minimum absolute atomic E-state index is 0.0184. The smallest absolute Gasteiger partial charge is 0.225 e. The molecule has 0 bridgehead atoms. The molecular formula is C29H46N2O5. The Bertz CT molecular complexity index is 841. The van der Waals surface area contributed by atoms with Gasteiger partial charge in [0, 0.05) is 39.3 Å². The molecule has 1 aromatic rings. The standard InChI is InChI=1S/C29H46N2O5/c1-20(28(34)31(15-17-35-4)16-18-36-5)23-11-13-29(3)14-12-24(21(2)26(29)27(23)33)30-25(32)19-22-9-7-6-8-10-22/h6-10,20-21,23-24,26-27,33H,11-19H2,1-5H3,(H,30,32)/t20-,21+,23+,24-,26+,27-,29-/m0/s1. The van der Waals surface area contributed by atoms with Crippen molar-refractivity contribution in [2.75, 3.05) is 40.5 Å². The van der Waals surface area contributed by atoms with Crippen LogP contribution in [-0.4, -0.2) is 74.5 Å². The summed E-state index contributed by atoms with van der Waals surface area (Å²) in [6.45, 7) is 8.37. The molecule has 0 heterocycles. The van der Waals surface area contributed by atoms with Crippen LogP contribution in [0.5, 0.6) is 0 Å². The Morgan fingerprint density at radius 1 is 1.11 bits per heavy atom. The maximum atomic E-state index is 13.5. The highest BCUT2D eigenvalue weighted by atomic mass is 16.5. The number of hydrogen-bond acceptors (Lipinski definition) is 5. The molecule has 202 valence electrons. The van der Waals surface area contributed by atoms with Gasteiger partial charge in [-0.3, -0.25) is 9.59 Å². The van der Waals surface area contributed by atoms with Crippen molar-refractivity contribution in [3.63, 3.8) is 0 Å². The molecule has 2 saturated carbocycles. The van der Waals surface area contributed by atoms with E-state index in [1.165, 1.54) is 0 Å². The van der Waals surface area contributed by atoms with Gasteiger partial charge in [0.25, 0.3) is 0 Å². The monoisotopic (exact) mass is 502 g/mol. The van der Waals surface area contributed by atoms with Crippen LogP contribution in [0, 0.1) is 29.1 Å². The Labute approximate surface area is 216 Å². The van der Waals surface area contributed by atoms with Gasteiger partial charge in [-0.05, 0) is 54.4 Å². The molecule has 2 N–H and O–H groups in total. The van der Waals surface area contributed by atoms with E-state index in [-0.39, 0.29) is 46.9 Å². The second kappa shape index (κ2) is 13.0. The summed E-state index contributed by atoms with van der Waals surface area (Å²) in [7, 11) is 3.27. The number of carbonyl (C=O) groups is 2. The number of nitrogens with zero attached hydrogens (tertiary/aromatic N) is 1. The van der Waals surface area contributed by atoms with E-state index in [0.29, 0.717) is 32.7 Å². The molecule has 1 aromatic carbocycles. The number of hydrogen-bond donors (Lipinski definition) is 2. The molecule has 0 spiro atoms. The van der Waals surface area contributed by atoms with Crippen LogP contribution in [0.25, 0.3) is 0 Å². The fraction of sp³-hybridized carbons (Fsp3) is 0.724. The largest absolute Gasteiger partial charge is 0.392 e. The van der Waals surface area contributed by atoms with E-state index in [1.54, 1.807) is 19.1 Å². The normalized spacial score (nSPS) is 30.8. The molecule has 2 amide bonds. The minimum atomic E-state index is -0.585. The number of amides is 2. The lowest BCUT2D eigenvalue weighted by atomic mass is 9.51. The van der Waals surface area contributed by atoms with Crippen LogP contribution in [-0.2, 0) is 25.5 Å². The molecule has 2 aliphatic rings. The third kappa shape index (κ3) is 6.67. The number of aliphatic hydroxyl groups excluding tert-OH is 1. The third-order valence-electron chi connectivity index (χ3n) is 8.92. The summed E-state index contributed by atoms with van der Waals surface area (Å²) < 4.78 is 10.4. The zero-order valence-electron chi connectivity index (χ0n) is 22.7. The molecule has 0 saturated heterocycles. The zero-order valence-corrected chi connectivity index (χ0v) is 22.7. The predicted octanol–water partition coefficient (Wildman–Crippen LogP) is 3.29. The third-order valence-corrected chi connectivity index (χ3v) is 8.92. The topological polar surface area (TPSA) is 88.1 Å². The predicted molar refractivity (Wildman–Crippen MR) is 140 cm³/mol. The van der Waals surface area contributed by atoms with Crippen molar-refractivity contribution >= 4 is 11.8 Å². The highest BCUT2D eigenvalue weighted by Crippen LogP contribution is 2.55. The molecule has 36 heavy (non-hydrogen) atoms. The van der Waals surface area contributed by atoms with E-state index in [9.17, 15) is 14.7 Å². The van der Waals surface area contributed by atoms with Gasteiger partial charge in [-0.15, -0.1) is 0 Å². The van der Waals surface area contributed by atoms with Crippen LogP contribution in [0.2, 0.25) is 0 Å². The van der Waals surface area contributed by atoms with Gasteiger partial charge in [-0.25, -0.2) is 0 Å². The maximum Gasteiger partial charge on any atom is 0.225 e. The Morgan fingerprint density at radius 2 is 1.72 bits per heavy atom. The quantitative estimate of drug-likeness (QED) is 0.485. The van der Waals surface area contributed by atoms with Crippen molar-refractivity contribution in [3.8, 4) is 0 Å². The van der Waals surface area contributed by atoms with Gasteiger partial charge in [0.05, 0.1) is 25.7 Å². The Balaban J connectivity index is 1.69. The Morgan fingerprint density at radius 3 is 2.33 bits per heavy atom. The van der Waals surface area contributed by atoms with Crippen molar-refractivity contribution < 1.29 is 24.2 Å². The summed E-state index contributed by atoms with van der Waals surface area (Å²) in [5.41, 5.74) is 1.02. The van der Waals surface area contributed by atoms with Crippen LogP contribution in [0.4, 0.5) is 0 Å². The minimum Gasteiger partial charge on any atom is -0.392 e. The number of carbonyl (C=O) groups excluding carboxylic acids is 2. The van der Waals surface area contributed by atoms with Crippen LogP contribution >= 0.6 is 0 Å². The molecule has 0 aliphatic heterocycles. The van der Waals surface area contributed by atoms with Crippen molar-refractivity contribution in [2.24, 2.45) is 29.1 Å². The highest BCUT2D eigenvalue weighted by Gasteiger charge is 2.54. The fourth-order valence-electron chi connectivity index (χ4n) is 6.74. The molecule has 7 heteroatoms.